The highest BCUT2D eigenvalue weighted by Gasteiger charge is 2.35. The van der Waals surface area contributed by atoms with Crippen LogP contribution >= 0.6 is 0 Å². The minimum atomic E-state index is -4.56. The number of carbonyl (C=O) groups excluding carboxylic acids is 2. The SMILES string of the molecule is O=C(N[C@@H](CO)C(=O)Nc1cccc(C(F)(F)F)c1)C1c2ccccc2-c2ccccc21. The third kappa shape index (κ3) is 4.09. The Morgan fingerprint density at radius 2 is 1.50 bits per heavy atom. The van der Waals surface area contributed by atoms with Crippen molar-refractivity contribution in [1.29, 1.82) is 0 Å². The summed E-state index contributed by atoms with van der Waals surface area (Å²) in [5.41, 5.74) is 2.38. The molecule has 32 heavy (non-hydrogen) atoms. The van der Waals surface area contributed by atoms with E-state index in [1.165, 1.54) is 6.07 Å². The van der Waals surface area contributed by atoms with Gasteiger partial charge in [0.2, 0.25) is 11.8 Å². The second-order valence-electron chi connectivity index (χ2n) is 7.42. The second-order valence-corrected chi connectivity index (χ2v) is 7.42. The Morgan fingerprint density at radius 1 is 0.906 bits per heavy atom. The summed E-state index contributed by atoms with van der Waals surface area (Å²) in [6, 6.07) is 17.6. The zero-order valence-electron chi connectivity index (χ0n) is 16.7. The maximum absolute atomic E-state index is 13.1. The van der Waals surface area contributed by atoms with Crippen molar-refractivity contribution in [3.63, 3.8) is 0 Å². The molecular formula is C24H19F3N2O3. The molecule has 0 radical (unpaired) electrons. The third-order valence-corrected chi connectivity index (χ3v) is 5.37. The molecule has 5 nitrogen and oxygen atoms in total. The molecule has 3 aromatic rings. The lowest BCUT2D eigenvalue weighted by atomic mass is 9.95. The highest BCUT2D eigenvalue weighted by Crippen LogP contribution is 2.44. The molecular weight excluding hydrogens is 421 g/mol. The molecule has 0 aromatic heterocycles. The average molecular weight is 440 g/mol. The zero-order chi connectivity index (χ0) is 22.9. The Hall–Kier alpha value is -3.65. The summed E-state index contributed by atoms with van der Waals surface area (Å²) >= 11 is 0. The van der Waals surface area contributed by atoms with Crippen LogP contribution in [-0.2, 0) is 15.8 Å². The molecule has 0 heterocycles. The number of rotatable bonds is 5. The lowest BCUT2D eigenvalue weighted by Gasteiger charge is -2.20. The number of aliphatic hydroxyl groups excluding tert-OH is 1. The minimum absolute atomic E-state index is 0.0888. The first-order valence-corrected chi connectivity index (χ1v) is 9.87. The number of carbonyl (C=O) groups is 2. The molecule has 0 fully saturated rings. The van der Waals surface area contributed by atoms with Crippen LogP contribution in [0.1, 0.15) is 22.6 Å². The number of benzene rings is 3. The fourth-order valence-electron chi connectivity index (χ4n) is 3.89. The first-order chi connectivity index (χ1) is 15.3. The molecule has 1 aliphatic carbocycles. The van der Waals surface area contributed by atoms with E-state index in [-0.39, 0.29) is 5.69 Å². The fourth-order valence-corrected chi connectivity index (χ4v) is 3.89. The Labute approximate surface area is 181 Å². The normalized spacial score (nSPS) is 13.8. The van der Waals surface area contributed by atoms with Crippen molar-refractivity contribution in [2.24, 2.45) is 0 Å². The van der Waals surface area contributed by atoms with Crippen LogP contribution in [0, 0.1) is 0 Å². The van der Waals surface area contributed by atoms with Gasteiger partial charge in [0.15, 0.2) is 0 Å². The van der Waals surface area contributed by atoms with E-state index in [1.807, 2.05) is 48.5 Å². The Morgan fingerprint density at radius 3 is 2.06 bits per heavy atom. The van der Waals surface area contributed by atoms with Gasteiger partial charge in [-0.2, -0.15) is 13.2 Å². The van der Waals surface area contributed by atoms with E-state index >= 15 is 0 Å². The molecule has 0 unspecified atom stereocenters. The molecule has 3 aromatic carbocycles. The number of fused-ring (bicyclic) bond motifs is 3. The van der Waals surface area contributed by atoms with Crippen LogP contribution in [0.5, 0.6) is 0 Å². The van der Waals surface area contributed by atoms with Crippen molar-refractivity contribution in [3.8, 4) is 11.1 Å². The number of halogens is 3. The predicted octanol–water partition coefficient (Wildman–Crippen LogP) is 3.93. The van der Waals surface area contributed by atoms with Gasteiger partial charge in [-0.15, -0.1) is 0 Å². The lowest BCUT2D eigenvalue weighted by molar-refractivity contribution is -0.137. The standard InChI is InChI=1S/C24H19F3N2O3/c25-24(26,27)14-6-5-7-15(12-14)28-22(31)20(13-30)29-23(32)21-18-10-3-1-8-16(18)17-9-2-4-11-19(17)21/h1-12,20-21,30H,13H2,(H,28,31)(H,29,32)/t20-/m0/s1. The van der Waals surface area contributed by atoms with Gasteiger partial charge in [0, 0.05) is 5.69 Å². The summed E-state index contributed by atoms with van der Waals surface area (Å²) < 4.78 is 38.7. The van der Waals surface area contributed by atoms with Crippen molar-refractivity contribution in [1.82, 2.24) is 5.32 Å². The van der Waals surface area contributed by atoms with Gasteiger partial charge in [-0.3, -0.25) is 9.59 Å². The van der Waals surface area contributed by atoms with E-state index in [4.69, 9.17) is 0 Å². The smallest absolute Gasteiger partial charge is 0.394 e. The summed E-state index contributed by atoms with van der Waals surface area (Å²) in [5, 5.41) is 14.5. The molecule has 1 atom stereocenters. The summed E-state index contributed by atoms with van der Waals surface area (Å²) in [5.74, 6) is -1.97. The van der Waals surface area contributed by atoms with Crippen molar-refractivity contribution < 1.29 is 27.9 Å². The first kappa shape index (κ1) is 21.6. The Balaban J connectivity index is 1.53. The van der Waals surface area contributed by atoms with Crippen LogP contribution in [0.25, 0.3) is 11.1 Å². The number of nitrogens with one attached hydrogen (secondary N) is 2. The molecule has 2 amide bonds. The van der Waals surface area contributed by atoms with Gasteiger partial charge in [0.25, 0.3) is 0 Å². The molecule has 1 aliphatic rings. The molecule has 4 rings (SSSR count). The number of hydrogen-bond acceptors (Lipinski definition) is 3. The molecule has 0 bridgehead atoms. The maximum atomic E-state index is 13.1. The zero-order valence-corrected chi connectivity index (χ0v) is 16.7. The van der Waals surface area contributed by atoms with Gasteiger partial charge >= 0.3 is 6.18 Å². The van der Waals surface area contributed by atoms with Gasteiger partial charge < -0.3 is 15.7 Å². The first-order valence-electron chi connectivity index (χ1n) is 9.87. The van der Waals surface area contributed by atoms with Crippen molar-refractivity contribution in [2.75, 3.05) is 11.9 Å². The molecule has 0 saturated heterocycles. The van der Waals surface area contributed by atoms with Crippen LogP contribution < -0.4 is 10.6 Å². The fraction of sp³-hybridized carbons (Fsp3) is 0.167. The van der Waals surface area contributed by atoms with Gasteiger partial charge in [-0.25, -0.2) is 0 Å². The molecule has 0 spiro atoms. The molecule has 0 aliphatic heterocycles. The van der Waals surface area contributed by atoms with Gasteiger partial charge in [0.1, 0.15) is 6.04 Å². The molecule has 8 heteroatoms. The van der Waals surface area contributed by atoms with E-state index in [2.05, 4.69) is 10.6 Å². The quantitative estimate of drug-likeness (QED) is 0.563. The number of aliphatic hydroxyl groups is 1. The highest BCUT2D eigenvalue weighted by molar-refractivity contribution is 6.01. The lowest BCUT2D eigenvalue weighted by Crippen LogP contribution is -2.47. The van der Waals surface area contributed by atoms with Crippen LogP contribution in [0.4, 0.5) is 18.9 Å². The second kappa shape index (κ2) is 8.47. The van der Waals surface area contributed by atoms with E-state index < -0.39 is 42.1 Å². The van der Waals surface area contributed by atoms with Crippen LogP contribution in [0.15, 0.2) is 72.8 Å². The maximum Gasteiger partial charge on any atom is 0.416 e. The monoisotopic (exact) mass is 440 g/mol. The van der Waals surface area contributed by atoms with E-state index in [1.54, 1.807) is 0 Å². The van der Waals surface area contributed by atoms with E-state index in [0.29, 0.717) is 0 Å². The molecule has 164 valence electrons. The number of hydrogen-bond donors (Lipinski definition) is 3. The highest BCUT2D eigenvalue weighted by atomic mass is 19.4. The van der Waals surface area contributed by atoms with Crippen LogP contribution in [0.2, 0.25) is 0 Å². The van der Waals surface area contributed by atoms with Crippen molar-refractivity contribution in [3.05, 3.63) is 89.5 Å². The number of alkyl halides is 3. The van der Waals surface area contributed by atoms with Gasteiger partial charge in [0.05, 0.1) is 18.1 Å². The average Bonchev–Trinajstić information content (AvgIpc) is 3.11. The summed E-state index contributed by atoms with van der Waals surface area (Å²) in [6.45, 7) is -0.716. The van der Waals surface area contributed by atoms with Crippen LogP contribution in [0.3, 0.4) is 0 Å². The number of amides is 2. The largest absolute Gasteiger partial charge is 0.416 e. The molecule has 0 saturated carbocycles. The summed E-state index contributed by atoms with van der Waals surface area (Å²) in [6.07, 6.45) is -4.56. The van der Waals surface area contributed by atoms with Crippen LogP contribution in [-0.4, -0.2) is 29.6 Å². The van der Waals surface area contributed by atoms with Crippen molar-refractivity contribution in [2.45, 2.75) is 18.1 Å². The van der Waals surface area contributed by atoms with Gasteiger partial charge in [-0.1, -0.05) is 54.6 Å². The summed E-state index contributed by atoms with van der Waals surface area (Å²) in [7, 11) is 0. The van der Waals surface area contributed by atoms with Crippen molar-refractivity contribution >= 4 is 17.5 Å². The van der Waals surface area contributed by atoms with Gasteiger partial charge in [-0.05, 0) is 40.5 Å². The minimum Gasteiger partial charge on any atom is -0.394 e. The van der Waals surface area contributed by atoms with E-state index in [9.17, 15) is 27.9 Å². The molecule has 3 N–H and O–H groups in total. The number of anilines is 1. The van der Waals surface area contributed by atoms with E-state index in [0.717, 1.165) is 40.5 Å². The Bertz CT molecular complexity index is 1130. The Kier molecular flexibility index (Phi) is 5.71. The third-order valence-electron chi connectivity index (χ3n) is 5.37. The topological polar surface area (TPSA) is 78.4 Å². The summed E-state index contributed by atoms with van der Waals surface area (Å²) in [4.78, 5) is 25.7. The predicted molar refractivity (Wildman–Crippen MR) is 113 cm³/mol.